The second-order valence-electron chi connectivity index (χ2n) is 4.88. The third-order valence-electron chi connectivity index (χ3n) is 3.14. The molecule has 0 saturated carbocycles. The van der Waals surface area contributed by atoms with Crippen LogP contribution in [0.25, 0.3) is 0 Å². The highest BCUT2D eigenvalue weighted by molar-refractivity contribution is 7.80. The summed E-state index contributed by atoms with van der Waals surface area (Å²) in [6, 6.07) is 20.6. The fraction of sp³-hybridized carbons (Fsp3) is 0.167. The molecule has 0 bridgehead atoms. The lowest BCUT2D eigenvalue weighted by Gasteiger charge is -2.20. The topological polar surface area (TPSA) is 24.1 Å². The first kappa shape index (κ1) is 15.3. The fourth-order valence-corrected chi connectivity index (χ4v) is 2.45. The van der Waals surface area contributed by atoms with Gasteiger partial charge in [0, 0.05) is 11.7 Å². The molecule has 0 aliphatic heterocycles. The van der Waals surface area contributed by atoms with Crippen LogP contribution in [0.15, 0.2) is 73.3 Å². The fourth-order valence-electron chi connectivity index (χ4n) is 2.17. The minimum Gasteiger partial charge on any atom is -0.359 e. The molecule has 0 spiro atoms. The summed E-state index contributed by atoms with van der Waals surface area (Å²) in [5.41, 5.74) is 2.28. The number of anilines is 1. The van der Waals surface area contributed by atoms with E-state index in [0.29, 0.717) is 5.11 Å². The molecule has 0 aliphatic rings. The van der Waals surface area contributed by atoms with E-state index in [4.69, 9.17) is 12.2 Å². The van der Waals surface area contributed by atoms with Crippen molar-refractivity contribution in [2.45, 2.75) is 18.9 Å². The minimum absolute atomic E-state index is 0.244. The zero-order valence-electron chi connectivity index (χ0n) is 12.0. The number of hydrogen-bond acceptors (Lipinski definition) is 1. The van der Waals surface area contributed by atoms with E-state index < -0.39 is 0 Å². The first-order chi connectivity index (χ1) is 10.3. The van der Waals surface area contributed by atoms with Gasteiger partial charge < -0.3 is 10.6 Å². The van der Waals surface area contributed by atoms with Crippen molar-refractivity contribution in [1.29, 1.82) is 0 Å². The highest BCUT2D eigenvalue weighted by Gasteiger charge is 2.09. The molecule has 3 heteroatoms. The maximum atomic E-state index is 5.39. The molecule has 0 saturated heterocycles. The standard InChI is InChI=1S/C18H20N2S/c1-2-9-17(14-15-10-5-3-6-11-15)20-18(21)19-16-12-7-4-8-13-16/h2-8,10-13,17H,1,9,14H2,(H2,19,20,21)/t17-/m0/s1. The Hall–Kier alpha value is -2.13. The van der Waals surface area contributed by atoms with Gasteiger partial charge in [0.25, 0.3) is 0 Å². The van der Waals surface area contributed by atoms with E-state index in [1.165, 1.54) is 5.56 Å². The first-order valence-corrected chi connectivity index (χ1v) is 7.46. The van der Waals surface area contributed by atoms with Gasteiger partial charge in [0.2, 0.25) is 0 Å². The van der Waals surface area contributed by atoms with Gasteiger partial charge in [0.1, 0.15) is 0 Å². The van der Waals surface area contributed by atoms with Crippen LogP contribution in [-0.4, -0.2) is 11.2 Å². The van der Waals surface area contributed by atoms with Crippen molar-refractivity contribution in [3.8, 4) is 0 Å². The summed E-state index contributed by atoms with van der Waals surface area (Å²) in [6.07, 6.45) is 3.71. The van der Waals surface area contributed by atoms with Crippen LogP contribution in [0.1, 0.15) is 12.0 Å². The van der Waals surface area contributed by atoms with Gasteiger partial charge in [-0.15, -0.1) is 6.58 Å². The summed E-state index contributed by atoms with van der Waals surface area (Å²) in [6.45, 7) is 3.83. The van der Waals surface area contributed by atoms with Crippen LogP contribution in [0.3, 0.4) is 0 Å². The molecule has 2 aromatic carbocycles. The van der Waals surface area contributed by atoms with E-state index in [-0.39, 0.29) is 6.04 Å². The number of nitrogens with one attached hydrogen (secondary N) is 2. The molecule has 2 rings (SSSR count). The van der Waals surface area contributed by atoms with Crippen LogP contribution in [0.5, 0.6) is 0 Å². The monoisotopic (exact) mass is 296 g/mol. The third kappa shape index (κ3) is 5.40. The molecule has 0 amide bonds. The number of hydrogen-bond donors (Lipinski definition) is 2. The Kier molecular flexibility index (Phi) is 5.98. The maximum absolute atomic E-state index is 5.39. The quantitative estimate of drug-likeness (QED) is 0.618. The van der Waals surface area contributed by atoms with Crippen molar-refractivity contribution in [2.24, 2.45) is 0 Å². The Morgan fingerprint density at radius 1 is 1.05 bits per heavy atom. The van der Waals surface area contributed by atoms with Gasteiger partial charge in [-0.25, -0.2) is 0 Å². The van der Waals surface area contributed by atoms with Crippen molar-refractivity contribution < 1.29 is 0 Å². The average Bonchev–Trinajstić information content (AvgIpc) is 2.49. The molecule has 2 nitrogen and oxygen atoms in total. The van der Waals surface area contributed by atoms with E-state index >= 15 is 0 Å². The van der Waals surface area contributed by atoms with Crippen LogP contribution in [0, 0.1) is 0 Å². The smallest absolute Gasteiger partial charge is 0.171 e. The Morgan fingerprint density at radius 3 is 2.29 bits per heavy atom. The average molecular weight is 296 g/mol. The largest absolute Gasteiger partial charge is 0.359 e. The zero-order chi connectivity index (χ0) is 14.9. The molecule has 0 aliphatic carbocycles. The Balaban J connectivity index is 1.93. The van der Waals surface area contributed by atoms with E-state index in [0.717, 1.165) is 18.5 Å². The van der Waals surface area contributed by atoms with Crippen molar-refractivity contribution in [3.63, 3.8) is 0 Å². The van der Waals surface area contributed by atoms with Crippen LogP contribution < -0.4 is 10.6 Å². The Bertz CT molecular complexity index is 566. The summed E-state index contributed by atoms with van der Waals surface area (Å²) >= 11 is 5.39. The molecule has 0 fully saturated rings. The summed E-state index contributed by atoms with van der Waals surface area (Å²) in [4.78, 5) is 0. The second kappa shape index (κ2) is 8.22. The van der Waals surface area contributed by atoms with Crippen LogP contribution >= 0.6 is 12.2 Å². The van der Waals surface area contributed by atoms with Gasteiger partial charge in [0.15, 0.2) is 5.11 Å². The van der Waals surface area contributed by atoms with Gasteiger partial charge in [-0.3, -0.25) is 0 Å². The van der Waals surface area contributed by atoms with Crippen molar-refractivity contribution in [1.82, 2.24) is 5.32 Å². The van der Waals surface area contributed by atoms with Gasteiger partial charge >= 0.3 is 0 Å². The van der Waals surface area contributed by atoms with Crippen molar-refractivity contribution >= 4 is 23.0 Å². The molecule has 21 heavy (non-hydrogen) atoms. The maximum Gasteiger partial charge on any atom is 0.171 e. The normalized spacial score (nSPS) is 11.4. The van der Waals surface area contributed by atoms with Gasteiger partial charge in [-0.1, -0.05) is 54.6 Å². The third-order valence-corrected chi connectivity index (χ3v) is 3.36. The summed E-state index contributed by atoms with van der Waals surface area (Å²) in [5.74, 6) is 0. The van der Waals surface area contributed by atoms with Gasteiger partial charge in [-0.05, 0) is 42.8 Å². The lowest BCUT2D eigenvalue weighted by Crippen LogP contribution is -2.38. The molecule has 2 N–H and O–H groups in total. The predicted octanol–water partition coefficient (Wildman–Crippen LogP) is 4.16. The molecule has 0 unspecified atom stereocenters. The SMILES string of the molecule is C=CC[C@@H](Cc1ccccc1)NC(=S)Nc1ccccc1. The Labute approximate surface area is 131 Å². The molecule has 0 heterocycles. The van der Waals surface area contributed by atoms with Crippen molar-refractivity contribution in [2.75, 3.05) is 5.32 Å². The number of thiocarbonyl (C=S) groups is 1. The van der Waals surface area contributed by atoms with Crippen LogP contribution in [-0.2, 0) is 6.42 Å². The number of para-hydroxylation sites is 1. The summed E-state index contributed by atoms with van der Waals surface area (Å²) < 4.78 is 0. The van der Waals surface area contributed by atoms with Gasteiger partial charge in [-0.2, -0.15) is 0 Å². The molecule has 1 atom stereocenters. The molecule has 0 radical (unpaired) electrons. The summed E-state index contributed by atoms with van der Waals surface area (Å²) in [7, 11) is 0. The first-order valence-electron chi connectivity index (χ1n) is 7.05. The highest BCUT2D eigenvalue weighted by atomic mass is 32.1. The van der Waals surface area contributed by atoms with Crippen LogP contribution in [0.2, 0.25) is 0 Å². The summed E-state index contributed by atoms with van der Waals surface area (Å²) in [5, 5.41) is 7.21. The van der Waals surface area contributed by atoms with E-state index in [2.05, 4.69) is 41.5 Å². The molecular weight excluding hydrogens is 276 g/mol. The van der Waals surface area contributed by atoms with E-state index in [9.17, 15) is 0 Å². The van der Waals surface area contributed by atoms with Gasteiger partial charge in [0.05, 0.1) is 0 Å². The molecule has 108 valence electrons. The lowest BCUT2D eigenvalue weighted by atomic mass is 10.0. The second-order valence-corrected chi connectivity index (χ2v) is 5.28. The van der Waals surface area contributed by atoms with Crippen LogP contribution in [0.4, 0.5) is 5.69 Å². The molecular formula is C18H20N2S. The zero-order valence-corrected chi connectivity index (χ0v) is 12.8. The van der Waals surface area contributed by atoms with E-state index in [1.54, 1.807) is 0 Å². The number of rotatable bonds is 6. The van der Waals surface area contributed by atoms with E-state index in [1.807, 2.05) is 42.5 Å². The molecule has 2 aromatic rings. The predicted molar refractivity (Wildman–Crippen MR) is 94.5 cm³/mol. The lowest BCUT2D eigenvalue weighted by molar-refractivity contribution is 0.615. The Morgan fingerprint density at radius 2 is 1.67 bits per heavy atom. The van der Waals surface area contributed by atoms with Crippen molar-refractivity contribution in [3.05, 3.63) is 78.9 Å². The minimum atomic E-state index is 0.244. The molecule has 0 aromatic heterocycles. The number of benzene rings is 2. The highest BCUT2D eigenvalue weighted by Crippen LogP contribution is 2.08.